The molecule has 0 N–H and O–H groups in total. The van der Waals surface area contributed by atoms with Crippen LogP contribution < -0.4 is 0 Å². The Hall–Kier alpha value is -2.00. The molecule has 1 rings (SSSR count). The Bertz CT molecular complexity index is 441. The minimum Gasteiger partial charge on any atom is -0.349 e. The maximum Gasteiger partial charge on any atom is 0.137 e. The zero-order valence-corrected chi connectivity index (χ0v) is 10.8. The highest BCUT2D eigenvalue weighted by atomic mass is 15.1. The monoisotopic (exact) mass is 227 g/mol. The molecule has 0 aromatic carbocycles. The first kappa shape index (κ1) is 13.1. The molecule has 88 valence electrons. The molecule has 0 amide bonds. The fourth-order valence-electron chi connectivity index (χ4n) is 1.88. The van der Waals surface area contributed by atoms with Gasteiger partial charge in [-0.1, -0.05) is 13.8 Å². The molecule has 0 unspecified atom stereocenters. The summed E-state index contributed by atoms with van der Waals surface area (Å²) in [6, 6.07) is 3.86. The number of allylic oxidation sites excluding steroid dienone is 6. The second kappa shape index (κ2) is 5.37. The molecule has 0 saturated heterocycles. The number of hydrogen-bond acceptors (Lipinski definition) is 3. The van der Waals surface area contributed by atoms with Crippen molar-refractivity contribution in [2.75, 3.05) is 6.54 Å². The van der Waals surface area contributed by atoms with Crippen molar-refractivity contribution < 1.29 is 0 Å². The van der Waals surface area contributed by atoms with Crippen molar-refractivity contribution in [2.24, 2.45) is 5.92 Å². The third-order valence-corrected chi connectivity index (χ3v) is 2.64. The van der Waals surface area contributed by atoms with E-state index in [9.17, 15) is 0 Å². The first-order chi connectivity index (χ1) is 7.99. The quantitative estimate of drug-likeness (QED) is 0.681. The van der Waals surface area contributed by atoms with Crippen molar-refractivity contribution in [1.82, 2.24) is 4.90 Å². The fraction of sp³-hybridized carbons (Fsp3) is 0.429. The van der Waals surface area contributed by atoms with Crippen molar-refractivity contribution in [3.63, 3.8) is 0 Å². The Kier molecular flexibility index (Phi) is 4.12. The summed E-state index contributed by atoms with van der Waals surface area (Å²) in [7, 11) is 0. The van der Waals surface area contributed by atoms with E-state index in [4.69, 9.17) is 10.5 Å². The zero-order valence-electron chi connectivity index (χ0n) is 10.8. The third kappa shape index (κ3) is 2.98. The molecular weight excluding hydrogens is 210 g/mol. The summed E-state index contributed by atoms with van der Waals surface area (Å²) in [5.74, 6) is 0.568. The average Bonchev–Trinajstić information content (AvgIpc) is 2.25. The number of nitrogens with zero attached hydrogens (tertiary/aromatic N) is 3. The lowest BCUT2D eigenvalue weighted by molar-refractivity contribution is 0.367. The van der Waals surface area contributed by atoms with E-state index >= 15 is 0 Å². The summed E-state index contributed by atoms with van der Waals surface area (Å²) in [5.41, 5.74) is 3.05. The summed E-state index contributed by atoms with van der Waals surface area (Å²) in [6.45, 7) is 9.30. The van der Waals surface area contributed by atoms with Gasteiger partial charge >= 0.3 is 0 Å². The Morgan fingerprint density at radius 3 is 2.00 bits per heavy atom. The Balaban J connectivity index is 3.12. The van der Waals surface area contributed by atoms with Gasteiger partial charge in [0.2, 0.25) is 0 Å². The van der Waals surface area contributed by atoms with E-state index in [-0.39, 0.29) is 5.57 Å². The van der Waals surface area contributed by atoms with Crippen molar-refractivity contribution in [1.29, 1.82) is 10.5 Å². The molecule has 0 spiro atoms. The first-order valence-electron chi connectivity index (χ1n) is 5.68. The zero-order chi connectivity index (χ0) is 13.0. The van der Waals surface area contributed by atoms with Crippen LogP contribution in [0.2, 0.25) is 0 Å². The summed E-state index contributed by atoms with van der Waals surface area (Å²) >= 11 is 0. The van der Waals surface area contributed by atoms with Gasteiger partial charge in [-0.15, -0.1) is 0 Å². The summed E-state index contributed by atoms with van der Waals surface area (Å²) in [5, 5.41) is 17.7. The van der Waals surface area contributed by atoms with Crippen LogP contribution in [0.25, 0.3) is 0 Å². The van der Waals surface area contributed by atoms with E-state index in [1.54, 1.807) is 0 Å². The standard InChI is InChI=1S/C14H17N3/c1-10(2)9-17-11(3)5-13(6-12(17)4)14(7-15)8-16/h5-6,10H,9H2,1-4H3. The molecule has 17 heavy (non-hydrogen) atoms. The van der Waals surface area contributed by atoms with Gasteiger partial charge < -0.3 is 4.90 Å². The third-order valence-electron chi connectivity index (χ3n) is 2.64. The molecule has 0 saturated carbocycles. The van der Waals surface area contributed by atoms with Crippen LogP contribution in [0.1, 0.15) is 27.7 Å². The maximum absolute atomic E-state index is 8.86. The van der Waals surface area contributed by atoms with Gasteiger partial charge in [-0.05, 0) is 31.9 Å². The van der Waals surface area contributed by atoms with Crippen molar-refractivity contribution in [3.8, 4) is 12.1 Å². The van der Waals surface area contributed by atoms with Crippen molar-refractivity contribution in [3.05, 3.63) is 34.7 Å². The smallest absolute Gasteiger partial charge is 0.137 e. The molecule has 0 radical (unpaired) electrons. The van der Waals surface area contributed by atoms with Gasteiger partial charge in [-0.3, -0.25) is 0 Å². The van der Waals surface area contributed by atoms with E-state index in [2.05, 4.69) is 18.7 Å². The van der Waals surface area contributed by atoms with Gasteiger partial charge in [-0.2, -0.15) is 10.5 Å². The lowest BCUT2D eigenvalue weighted by Crippen LogP contribution is -2.26. The van der Waals surface area contributed by atoms with Crippen LogP contribution in [-0.4, -0.2) is 11.4 Å². The topological polar surface area (TPSA) is 50.8 Å². The predicted octanol–water partition coefficient (Wildman–Crippen LogP) is 3.11. The summed E-state index contributed by atoms with van der Waals surface area (Å²) in [6.07, 6.45) is 3.80. The van der Waals surface area contributed by atoms with Crippen LogP contribution >= 0.6 is 0 Å². The number of nitriles is 2. The lowest BCUT2D eigenvalue weighted by Gasteiger charge is -2.31. The molecular formula is C14H17N3. The number of rotatable bonds is 2. The van der Waals surface area contributed by atoms with Crippen LogP contribution in [0, 0.1) is 28.6 Å². The molecule has 1 aliphatic rings. The van der Waals surface area contributed by atoms with Crippen molar-refractivity contribution >= 4 is 0 Å². The molecule has 0 aliphatic carbocycles. The molecule has 3 nitrogen and oxygen atoms in total. The average molecular weight is 227 g/mol. The Labute approximate surface area is 103 Å². The van der Waals surface area contributed by atoms with Crippen LogP contribution in [0.15, 0.2) is 34.7 Å². The Morgan fingerprint density at radius 1 is 1.18 bits per heavy atom. The largest absolute Gasteiger partial charge is 0.349 e. The molecule has 0 aromatic heterocycles. The van der Waals surface area contributed by atoms with Crippen LogP contribution in [0.5, 0.6) is 0 Å². The molecule has 0 atom stereocenters. The maximum atomic E-state index is 8.86. The van der Waals surface area contributed by atoms with Crippen LogP contribution in [0.4, 0.5) is 0 Å². The van der Waals surface area contributed by atoms with Gasteiger partial charge in [0.05, 0.1) is 0 Å². The predicted molar refractivity (Wildman–Crippen MR) is 67.3 cm³/mol. The summed E-state index contributed by atoms with van der Waals surface area (Å²) < 4.78 is 0. The molecule has 1 aliphatic heterocycles. The van der Waals surface area contributed by atoms with E-state index in [0.29, 0.717) is 11.5 Å². The van der Waals surface area contributed by atoms with E-state index in [1.165, 1.54) is 0 Å². The van der Waals surface area contributed by atoms with Crippen LogP contribution in [0.3, 0.4) is 0 Å². The second-order valence-corrected chi connectivity index (χ2v) is 4.63. The number of hydrogen-bond donors (Lipinski definition) is 0. The minimum atomic E-state index is 0.174. The molecule has 3 heteroatoms. The highest BCUT2D eigenvalue weighted by molar-refractivity contribution is 5.53. The second-order valence-electron chi connectivity index (χ2n) is 4.63. The fourth-order valence-corrected chi connectivity index (χ4v) is 1.88. The van der Waals surface area contributed by atoms with Gasteiger partial charge in [-0.25, -0.2) is 0 Å². The SMILES string of the molecule is CC1=CC(=C(C#N)C#N)C=C(C)N1CC(C)C. The van der Waals surface area contributed by atoms with E-state index in [0.717, 1.165) is 17.9 Å². The first-order valence-corrected chi connectivity index (χ1v) is 5.68. The minimum absolute atomic E-state index is 0.174. The Morgan fingerprint density at radius 2 is 1.65 bits per heavy atom. The summed E-state index contributed by atoms with van der Waals surface area (Å²) in [4.78, 5) is 2.21. The van der Waals surface area contributed by atoms with E-state index < -0.39 is 0 Å². The molecule has 0 bridgehead atoms. The lowest BCUT2D eigenvalue weighted by atomic mass is 10.0. The van der Waals surface area contributed by atoms with E-state index in [1.807, 2.05) is 38.1 Å². The van der Waals surface area contributed by atoms with Gasteiger partial charge in [0.15, 0.2) is 0 Å². The van der Waals surface area contributed by atoms with Crippen LogP contribution in [-0.2, 0) is 0 Å². The normalized spacial score (nSPS) is 15.0. The van der Waals surface area contributed by atoms with Gasteiger partial charge in [0.25, 0.3) is 0 Å². The molecule has 1 heterocycles. The molecule has 0 aromatic rings. The highest BCUT2D eigenvalue weighted by Crippen LogP contribution is 2.25. The van der Waals surface area contributed by atoms with Crippen molar-refractivity contribution in [2.45, 2.75) is 27.7 Å². The highest BCUT2D eigenvalue weighted by Gasteiger charge is 2.16. The van der Waals surface area contributed by atoms with Gasteiger partial charge in [0, 0.05) is 23.5 Å². The van der Waals surface area contributed by atoms with Gasteiger partial charge in [0.1, 0.15) is 17.7 Å². The molecule has 0 fully saturated rings.